The van der Waals surface area contributed by atoms with Crippen LogP contribution in [-0.4, -0.2) is 51.9 Å². The lowest BCUT2D eigenvalue weighted by Gasteiger charge is -2.11. The number of benzene rings is 1. The summed E-state index contributed by atoms with van der Waals surface area (Å²) in [6.07, 6.45) is 1.60. The van der Waals surface area contributed by atoms with Gasteiger partial charge < -0.3 is 9.30 Å². The van der Waals surface area contributed by atoms with Gasteiger partial charge >= 0.3 is 11.7 Å². The standard InChI is InChI=1S/C20H25N5O6S/c1-5-6-11-25-17-16(18(26)22-20(25)28)24(4)15(21-17)12-31-19(27)13-7-9-14(10-8-13)32(29,30)23(2)3/h7-10H,5-6,11-12H2,1-4H3,(H,22,26,28). The summed E-state index contributed by atoms with van der Waals surface area (Å²) in [6.45, 7) is 2.16. The van der Waals surface area contributed by atoms with Crippen molar-refractivity contribution in [3.63, 3.8) is 0 Å². The Kier molecular flexibility index (Phi) is 6.65. The van der Waals surface area contributed by atoms with E-state index in [0.717, 1.165) is 17.1 Å². The molecule has 11 nitrogen and oxygen atoms in total. The molecule has 0 saturated heterocycles. The van der Waals surface area contributed by atoms with Crippen molar-refractivity contribution < 1.29 is 17.9 Å². The van der Waals surface area contributed by atoms with Crippen LogP contribution in [0.4, 0.5) is 0 Å². The summed E-state index contributed by atoms with van der Waals surface area (Å²) in [5.74, 6) is -0.385. The number of aromatic amines is 1. The third-order valence-corrected chi connectivity index (χ3v) is 6.87. The van der Waals surface area contributed by atoms with Crippen molar-refractivity contribution in [1.29, 1.82) is 0 Å². The topological polar surface area (TPSA) is 136 Å². The number of imidazole rings is 1. The Bertz CT molecular complexity index is 1370. The van der Waals surface area contributed by atoms with E-state index in [1.165, 1.54) is 47.5 Å². The average Bonchev–Trinajstić information content (AvgIpc) is 3.08. The van der Waals surface area contributed by atoms with E-state index < -0.39 is 27.2 Å². The lowest BCUT2D eigenvalue weighted by molar-refractivity contribution is 0.0459. The van der Waals surface area contributed by atoms with Gasteiger partial charge in [-0.3, -0.25) is 14.3 Å². The fourth-order valence-corrected chi connectivity index (χ4v) is 4.03. The van der Waals surface area contributed by atoms with E-state index in [2.05, 4.69) is 9.97 Å². The number of hydrogen-bond donors (Lipinski definition) is 1. The Hall–Kier alpha value is -3.25. The van der Waals surface area contributed by atoms with Gasteiger partial charge in [-0.25, -0.2) is 27.3 Å². The maximum Gasteiger partial charge on any atom is 0.338 e. The number of unbranched alkanes of at least 4 members (excludes halogenated alkanes) is 1. The summed E-state index contributed by atoms with van der Waals surface area (Å²) in [4.78, 5) is 43.6. The SMILES string of the molecule is CCCCn1c(=O)[nH]c(=O)c2c1nc(COC(=O)c1ccc(S(=O)(=O)N(C)C)cc1)n2C. The van der Waals surface area contributed by atoms with Crippen molar-refractivity contribution in [2.45, 2.75) is 37.8 Å². The number of nitrogens with zero attached hydrogens (tertiary/aromatic N) is 4. The molecule has 0 amide bonds. The first-order chi connectivity index (χ1) is 15.1. The van der Waals surface area contributed by atoms with E-state index in [0.29, 0.717) is 12.4 Å². The predicted octanol–water partition coefficient (Wildman–Crippen LogP) is 0.831. The van der Waals surface area contributed by atoms with E-state index in [9.17, 15) is 22.8 Å². The lowest BCUT2D eigenvalue weighted by Crippen LogP contribution is -2.31. The largest absolute Gasteiger partial charge is 0.454 e. The number of ether oxygens (including phenoxy) is 1. The van der Waals surface area contributed by atoms with Crippen LogP contribution in [0.2, 0.25) is 0 Å². The quantitative estimate of drug-likeness (QED) is 0.489. The molecule has 0 bridgehead atoms. The zero-order chi connectivity index (χ0) is 23.6. The summed E-state index contributed by atoms with van der Waals surface area (Å²) in [5, 5.41) is 0. The summed E-state index contributed by atoms with van der Waals surface area (Å²) >= 11 is 0. The van der Waals surface area contributed by atoms with Gasteiger partial charge in [-0.05, 0) is 30.7 Å². The molecule has 12 heteroatoms. The Balaban J connectivity index is 1.84. The zero-order valence-electron chi connectivity index (χ0n) is 18.3. The fourth-order valence-electron chi connectivity index (χ4n) is 3.13. The smallest absolute Gasteiger partial charge is 0.338 e. The maximum absolute atomic E-state index is 12.4. The molecular weight excluding hydrogens is 438 g/mol. The van der Waals surface area contributed by atoms with Gasteiger partial charge in [0.2, 0.25) is 10.0 Å². The van der Waals surface area contributed by atoms with Crippen molar-refractivity contribution in [3.05, 3.63) is 56.5 Å². The second-order valence-corrected chi connectivity index (χ2v) is 9.56. The van der Waals surface area contributed by atoms with Crippen molar-refractivity contribution in [3.8, 4) is 0 Å². The molecule has 172 valence electrons. The molecule has 0 aliphatic heterocycles. The van der Waals surface area contributed by atoms with Crippen LogP contribution in [0.3, 0.4) is 0 Å². The average molecular weight is 464 g/mol. The van der Waals surface area contributed by atoms with Gasteiger partial charge in [0.05, 0.1) is 10.5 Å². The van der Waals surface area contributed by atoms with E-state index in [-0.39, 0.29) is 28.2 Å². The Labute approximate surface area is 184 Å². The molecule has 0 saturated carbocycles. The zero-order valence-corrected chi connectivity index (χ0v) is 19.1. The highest BCUT2D eigenvalue weighted by Gasteiger charge is 2.20. The van der Waals surface area contributed by atoms with Gasteiger partial charge in [0.1, 0.15) is 12.4 Å². The monoisotopic (exact) mass is 463 g/mol. The van der Waals surface area contributed by atoms with Gasteiger partial charge in [0.25, 0.3) is 5.56 Å². The van der Waals surface area contributed by atoms with E-state index in [1.807, 2.05) is 6.92 Å². The molecular formula is C20H25N5O6S. The van der Waals surface area contributed by atoms with Crippen LogP contribution >= 0.6 is 0 Å². The number of aryl methyl sites for hydroxylation is 2. The van der Waals surface area contributed by atoms with Crippen molar-refractivity contribution in [1.82, 2.24) is 23.4 Å². The number of aromatic nitrogens is 4. The van der Waals surface area contributed by atoms with Crippen LogP contribution in [0.15, 0.2) is 38.8 Å². The molecule has 1 aromatic carbocycles. The molecule has 0 atom stereocenters. The Morgan fingerprint density at radius 1 is 1.19 bits per heavy atom. The highest BCUT2D eigenvalue weighted by molar-refractivity contribution is 7.89. The van der Waals surface area contributed by atoms with E-state index >= 15 is 0 Å². The molecule has 3 aromatic rings. The third kappa shape index (κ3) is 4.36. The first kappa shape index (κ1) is 23.4. The molecule has 2 heterocycles. The van der Waals surface area contributed by atoms with Crippen LogP contribution in [0.25, 0.3) is 11.2 Å². The molecule has 0 unspecified atom stereocenters. The van der Waals surface area contributed by atoms with Gasteiger partial charge in [-0.1, -0.05) is 13.3 Å². The van der Waals surface area contributed by atoms with Gasteiger partial charge in [0.15, 0.2) is 11.2 Å². The molecule has 3 rings (SSSR count). The maximum atomic E-state index is 12.4. The number of carbonyl (C=O) groups is 1. The highest BCUT2D eigenvalue weighted by atomic mass is 32.2. The molecule has 0 fully saturated rings. The molecule has 2 aromatic heterocycles. The normalized spacial score (nSPS) is 11.9. The third-order valence-electron chi connectivity index (χ3n) is 5.04. The minimum atomic E-state index is -3.61. The number of hydrogen-bond acceptors (Lipinski definition) is 7. The summed E-state index contributed by atoms with van der Waals surface area (Å²) in [5.41, 5.74) is -0.489. The van der Waals surface area contributed by atoms with Crippen LogP contribution < -0.4 is 11.2 Å². The van der Waals surface area contributed by atoms with E-state index in [1.54, 1.807) is 7.05 Å². The fraction of sp³-hybridized carbons (Fsp3) is 0.400. The Morgan fingerprint density at radius 2 is 1.84 bits per heavy atom. The summed E-state index contributed by atoms with van der Waals surface area (Å²) in [6, 6.07) is 5.38. The number of nitrogens with one attached hydrogen (secondary N) is 1. The van der Waals surface area contributed by atoms with E-state index in [4.69, 9.17) is 4.74 Å². The van der Waals surface area contributed by atoms with Crippen LogP contribution in [-0.2, 0) is 35.0 Å². The summed E-state index contributed by atoms with van der Waals surface area (Å²) < 4.78 is 33.5. The first-order valence-corrected chi connectivity index (χ1v) is 11.4. The first-order valence-electron chi connectivity index (χ1n) is 9.96. The second kappa shape index (κ2) is 9.09. The molecule has 0 radical (unpaired) electrons. The van der Waals surface area contributed by atoms with Crippen LogP contribution in [0.1, 0.15) is 35.9 Å². The van der Waals surface area contributed by atoms with Crippen molar-refractivity contribution in [2.24, 2.45) is 7.05 Å². The van der Waals surface area contributed by atoms with Gasteiger partial charge in [0, 0.05) is 27.7 Å². The predicted molar refractivity (Wildman–Crippen MR) is 117 cm³/mol. The molecule has 0 spiro atoms. The van der Waals surface area contributed by atoms with Crippen molar-refractivity contribution >= 4 is 27.2 Å². The lowest BCUT2D eigenvalue weighted by atomic mass is 10.2. The van der Waals surface area contributed by atoms with Crippen LogP contribution in [0.5, 0.6) is 0 Å². The number of fused-ring (bicyclic) bond motifs is 1. The highest BCUT2D eigenvalue weighted by Crippen LogP contribution is 2.16. The number of esters is 1. The molecule has 32 heavy (non-hydrogen) atoms. The summed E-state index contributed by atoms with van der Waals surface area (Å²) in [7, 11) is 0.830. The number of H-pyrrole nitrogens is 1. The van der Waals surface area contributed by atoms with Gasteiger partial charge in [-0.2, -0.15) is 0 Å². The molecule has 0 aliphatic carbocycles. The number of sulfonamides is 1. The number of rotatable bonds is 8. The molecule has 1 N–H and O–H groups in total. The second-order valence-electron chi connectivity index (χ2n) is 7.41. The van der Waals surface area contributed by atoms with Crippen molar-refractivity contribution in [2.75, 3.05) is 14.1 Å². The van der Waals surface area contributed by atoms with Crippen LogP contribution in [0, 0.1) is 0 Å². The number of carbonyl (C=O) groups excluding carboxylic acids is 1. The Morgan fingerprint density at radius 3 is 2.44 bits per heavy atom. The molecule has 0 aliphatic rings. The minimum absolute atomic E-state index is 0.0543. The minimum Gasteiger partial charge on any atom is -0.454 e. The van der Waals surface area contributed by atoms with Gasteiger partial charge in [-0.15, -0.1) is 0 Å².